The average Bonchev–Trinajstić information content (AvgIpc) is 3.08. The molecule has 0 aliphatic carbocycles. The van der Waals surface area contributed by atoms with Crippen LogP contribution in [0.25, 0.3) is 10.9 Å². The summed E-state index contributed by atoms with van der Waals surface area (Å²) in [5.41, 5.74) is 2.09. The van der Waals surface area contributed by atoms with Gasteiger partial charge in [-0.05, 0) is 55.8 Å². The number of amides is 1. The Morgan fingerprint density at radius 2 is 1.71 bits per heavy atom. The molecule has 0 bridgehead atoms. The van der Waals surface area contributed by atoms with Crippen LogP contribution >= 0.6 is 11.6 Å². The Balaban J connectivity index is 1.78. The Labute approximate surface area is 185 Å². The maximum atomic E-state index is 12.8. The number of hydrogen-bond donors (Lipinski definition) is 1. The van der Waals surface area contributed by atoms with Gasteiger partial charge in [-0.15, -0.1) is 0 Å². The highest BCUT2D eigenvalue weighted by molar-refractivity contribution is 7.92. The van der Waals surface area contributed by atoms with Crippen molar-refractivity contribution in [2.45, 2.75) is 30.0 Å². The molecule has 3 aromatic rings. The summed E-state index contributed by atoms with van der Waals surface area (Å²) in [6, 6.07) is 12.9. The van der Waals surface area contributed by atoms with Crippen molar-refractivity contribution in [2.24, 2.45) is 7.05 Å². The minimum Gasteiger partial charge on any atom is -0.468 e. The minimum absolute atomic E-state index is 0.0123. The van der Waals surface area contributed by atoms with E-state index in [1.807, 2.05) is 6.07 Å². The van der Waals surface area contributed by atoms with Crippen molar-refractivity contribution >= 4 is 44.2 Å². The van der Waals surface area contributed by atoms with Gasteiger partial charge in [0, 0.05) is 23.0 Å². The molecular weight excluding hydrogens is 440 g/mol. The molecule has 1 N–H and O–H groups in total. The predicted molar refractivity (Wildman–Crippen MR) is 119 cm³/mol. The third kappa shape index (κ3) is 4.45. The average molecular weight is 463 g/mol. The number of halogens is 1. The zero-order chi connectivity index (χ0) is 22.9. The van der Waals surface area contributed by atoms with Crippen LogP contribution in [0.2, 0.25) is 5.02 Å². The lowest BCUT2D eigenvalue weighted by Gasteiger charge is -2.16. The Kier molecular flexibility index (Phi) is 6.43. The van der Waals surface area contributed by atoms with Crippen molar-refractivity contribution in [1.29, 1.82) is 0 Å². The SMILES string of the molecule is COC(=O)C(C)S(=O)(=O)c1ccc([C@@H](C)NC(=O)c2cc3cc(Cl)ccc3n2C)cc1. The van der Waals surface area contributed by atoms with E-state index < -0.39 is 21.1 Å². The fraction of sp³-hybridized carbons (Fsp3) is 0.273. The highest BCUT2D eigenvalue weighted by atomic mass is 35.5. The molecule has 31 heavy (non-hydrogen) atoms. The normalized spacial score (nSPS) is 13.6. The lowest BCUT2D eigenvalue weighted by atomic mass is 10.1. The first kappa shape index (κ1) is 22.8. The number of rotatable bonds is 6. The second-order valence-corrected chi connectivity index (χ2v) is 9.97. The number of nitrogens with one attached hydrogen (secondary N) is 1. The van der Waals surface area contributed by atoms with E-state index in [4.69, 9.17) is 11.6 Å². The van der Waals surface area contributed by atoms with Gasteiger partial charge in [0.05, 0.1) is 18.0 Å². The molecule has 9 heteroatoms. The number of carbonyl (C=O) groups is 2. The predicted octanol–water partition coefficient (Wildman–Crippen LogP) is 3.66. The molecule has 1 heterocycles. The van der Waals surface area contributed by atoms with E-state index in [1.165, 1.54) is 19.1 Å². The summed E-state index contributed by atoms with van der Waals surface area (Å²) in [5, 5.41) is 3.07. The van der Waals surface area contributed by atoms with Crippen molar-refractivity contribution < 1.29 is 22.7 Å². The largest absolute Gasteiger partial charge is 0.468 e. The van der Waals surface area contributed by atoms with E-state index >= 15 is 0 Å². The van der Waals surface area contributed by atoms with Crippen LogP contribution in [0.1, 0.15) is 35.9 Å². The molecule has 0 fully saturated rings. The molecule has 2 atom stereocenters. The number of ether oxygens (including phenoxy) is 1. The molecule has 0 saturated carbocycles. The number of fused-ring (bicyclic) bond motifs is 1. The van der Waals surface area contributed by atoms with Crippen LogP contribution in [-0.2, 0) is 26.4 Å². The first-order chi connectivity index (χ1) is 14.6. The third-order valence-corrected chi connectivity index (χ3v) is 7.58. The Morgan fingerprint density at radius 1 is 1.06 bits per heavy atom. The maximum absolute atomic E-state index is 12.8. The molecule has 1 unspecified atom stereocenters. The molecule has 7 nitrogen and oxygen atoms in total. The molecule has 0 saturated heterocycles. The summed E-state index contributed by atoms with van der Waals surface area (Å²) in [5.74, 6) is -1.08. The van der Waals surface area contributed by atoms with Gasteiger partial charge in [0.25, 0.3) is 5.91 Å². The summed E-state index contributed by atoms with van der Waals surface area (Å²) >= 11 is 6.04. The van der Waals surface area contributed by atoms with E-state index in [1.54, 1.807) is 48.9 Å². The van der Waals surface area contributed by atoms with E-state index in [9.17, 15) is 18.0 Å². The Bertz CT molecular complexity index is 1250. The van der Waals surface area contributed by atoms with Crippen molar-refractivity contribution in [3.05, 3.63) is 64.8 Å². The Hall–Kier alpha value is -2.84. The third-order valence-electron chi connectivity index (χ3n) is 5.29. The van der Waals surface area contributed by atoms with Crippen LogP contribution in [-0.4, -0.2) is 37.2 Å². The van der Waals surface area contributed by atoms with Gasteiger partial charge in [-0.3, -0.25) is 9.59 Å². The minimum atomic E-state index is -3.86. The molecule has 1 aromatic heterocycles. The topological polar surface area (TPSA) is 94.5 Å². The number of aromatic nitrogens is 1. The van der Waals surface area contributed by atoms with Crippen molar-refractivity contribution in [1.82, 2.24) is 9.88 Å². The monoisotopic (exact) mass is 462 g/mol. The maximum Gasteiger partial charge on any atom is 0.324 e. The highest BCUT2D eigenvalue weighted by Gasteiger charge is 2.30. The molecule has 164 valence electrons. The van der Waals surface area contributed by atoms with E-state index in [0.29, 0.717) is 10.7 Å². The molecule has 0 aliphatic heterocycles. The van der Waals surface area contributed by atoms with Crippen LogP contribution in [0.3, 0.4) is 0 Å². The Morgan fingerprint density at radius 3 is 2.32 bits per heavy atom. The molecule has 0 aliphatic rings. The van der Waals surface area contributed by atoms with Crippen LogP contribution in [0.15, 0.2) is 53.4 Å². The van der Waals surface area contributed by atoms with Gasteiger partial charge in [0.15, 0.2) is 15.1 Å². The molecular formula is C22H23ClN2O5S. The first-order valence-electron chi connectivity index (χ1n) is 9.53. The molecule has 0 spiro atoms. The lowest BCUT2D eigenvalue weighted by Crippen LogP contribution is -2.29. The van der Waals surface area contributed by atoms with Crippen molar-refractivity contribution in [3.63, 3.8) is 0 Å². The zero-order valence-corrected chi connectivity index (χ0v) is 19.1. The second-order valence-electron chi connectivity index (χ2n) is 7.27. The quantitative estimate of drug-likeness (QED) is 0.564. The summed E-state index contributed by atoms with van der Waals surface area (Å²) in [4.78, 5) is 24.4. The summed E-state index contributed by atoms with van der Waals surface area (Å²) in [7, 11) is -0.910. The van der Waals surface area contributed by atoms with E-state index in [0.717, 1.165) is 23.6 Å². The standard InChI is InChI=1S/C22H23ClN2O5S/c1-13(15-5-8-18(9-6-15)31(28,29)14(2)22(27)30-4)24-21(26)20-12-16-11-17(23)7-10-19(16)25(20)3/h5-14H,1-4H3,(H,24,26)/t13-,14?/m1/s1. The van der Waals surface area contributed by atoms with Gasteiger partial charge < -0.3 is 14.6 Å². The summed E-state index contributed by atoms with van der Waals surface area (Å²) < 4.78 is 31.4. The van der Waals surface area contributed by atoms with Gasteiger partial charge in [0.1, 0.15) is 5.69 Å². The van der Waals surface area contributed by atoms with E-state index in [2.05, 4.69) is 10.1 Å². The van der Waals surface area contributed by atoms with Gasteiger partial charge in [-0.25, -0.2) is 8.42 Å². The van der Waals surface area contributed by atoms with Crippen LogP contribution in [0, 0.1) is 0 Å². The number of benzene rings is 2. The number of esters is 1. The number of aryl methyl sites for hydroxylation is 1. The first-order valence-corrected chi connectivity index (χ1v) is 11.5. The molecule has 0 radical (unpaired) electrons. The number of sulfone groups is 1. The summed E-state index contributed by atoms with van der Waals surface area (Å²) in [6.45, 7) is 3.09. The van der Waals surface area contributed by atoms with Crippen LogP contribution < -0.4 is 5.32 Å². The van der Waals surface area contributed by atoms with Gasteiger partial charge in [-0.1, -0.05) is 23.7 Å². The molecule has 3 rings (SSSR count). The smallest absolute Gasteiger partial charge is 0.324 e. The van der Waals surface area contributed by atoms with Crippen molar-refractivity contribution in [3.8, 4) is 0 Å². The highest BCUT2D eigenvalue weighted by Crippen LogP contribution is 2.24. The van der Waals surface area contributed by atoms with Gasteiger partial charge in [0.2, 0.25) is 0 Å². The van der Waals surface area contributed by atoms with Gasteiger partial charge >= 0.3 is 5.97 Å². The summed E-state index contributed by atoms with van der Waals surface area (Å²) in [6.07, 6.45) is 0. The number of nitrogens with zero attached hydrogens (tertiary/aromatic N) is 1. The fourth-order valence-corrected chi connectivity index (χ4v) is 4.79. The zero-order valence-electron chi connectivity index (χ0n) is 17.5. The fourth-order valence-electron chi connectivity index (χ4n) is 3.34. The molecule has 2 aromatic carbocycles. The lowest BCUT2D eigenvalue weighted by molar-refractivity contribution is -0.139. The number of hydrogen-bond acceptors (Lipinski definition) is 5. The number of carbonyl (C=O) groups excluding carboxylic acids is 2. The van der Waals surface area contributed by atoms with Crippen LogP contribution in [0.5, 0.6) is 0 Å². The molecule has 1 amide bonds. The number of methoxy groups -OCH3 is 1. The van der Waals surface area contributed by atoms with Crippen molar-refractivity contribution in [2.75, 3.05) is 7.11 Å². The van der Waals surface area contributed by atoms with Gasteiger partial charge in [-0.2, -0.15) is 0 Å². The second kappa shape index (κ2) is 8.72. The van der Waals surface area contributed by atoms with Crippen LogP contribution in [0.4, 0.5) is 0 Å². The van der Waals surface area contributed by atoms with E-state index in [-0.39, 0.29) is 16.8 Å².